The molecule has 1 N–H and O–H groups in total. The normalized spacial score (nSPS) is 10.6. The summed E-state index contributed by atoms with van der Waals surface area (Å²) >= 11 is 0. The van der Waals surface area contributed by atoms with Gasteiger partial charge in [0.05, 0.1) is 12.1 Å². The molecule has 3 aromatic rings. The number of nitrogens with one attached hydrogen (secondary N) is 1. The van der Waals surface area contributed by atoms with Gasteiger partial charge in [-0.3, -0.25) is 4.79 Å². The maximum Gasteiger partial charge on any atom is 0.226 e. The van der Waals surface area contributed by atoms with Gasteiger partial charge < -0.3 is 9.73 Å². The third-order valence-electron chi connectivity index (χ3n) is 3.88. The van der Waals surface area contributed by atoms with Gasteiger partial charge in [0.25, 0.3) is 0 Å². The molecule has 1 aromatic heterocycles. The minimum atomic E-state index is -0.306. The zero-order valence-electron chi connectivity index (χ0n) is 14.0. The molecule has 3 rings (SSSR count). The molecule has 0 aliphatic carbocycles. The second kappa shape index (κ2) is 7.75. The Morgan fingerprint density at radius 2 is 1.84 bits per heavy atom. The summed E-state index contributed by atoms with van der Waals surface area (Å²) in [6.45, 7) is 2.34. The summed E-state index contributed by atoms with van der Waals surface area (Å²) in [6.07, 6.45) is 0.824. The fourth-order valence-corrected chi connectivity index (χ4v) is 2.53. The number of halogens is 1. The van der Waals surface area contributed by atoms with Crippen molar-refractivity contribution in [1.82, 2.24) is 10.3 Å². The summed E-state index contributed by atoms with van der Waals surface area (Å²) < 4.78 is 18.6. The third kappa shape index (κ3) is 4.53. The molecule has 4 nitrogen and oxygen atoms in total. The summed E-state index contributed by atoms with van der Waals surface area (Å²) in [7, 11) is 0. The molecule has 0 unspecified atom stereocenters. The quantitative estimate of drug-likeness (QED) is 0.746. The number of carbonyl (C=O) groups excluding carboxylic acids is 1. The van der Waals surface area contributed by atoms with E-state index >= 15 is 0 Å². The Labute approximate surface area is 145 Å². The minimum absolute atomic E-state index is 0.101. The van der Waals surface area contributed by atoms with Gasteiger partial charge in [0.15, 0.2) is 0 Å². The highest BCUT2D eigenvalue weighted by molar-refractivity contribution is 5.78. The molecule has 1 heterocycles. The van der Waals surface area contributed by atoms with Crippen molar-refractivity contribution in [3.8, 4) is 11.5 Å². The van der Waals surface area contributed by atoms with Gasteiger partial charge in [0.2, 0.25) is 11.8 Å². The Morgan fingerprint density at radius 3 is 2.56 bits per heavy atom. The van der Waals surface area contributed by atoms with Crippen LogP contribution in [0.1, 0.15) is 17.0 Å². The highest BCUT2D eigenvalue weighted by Crippen LogP contribution is 2.21. The van der Waals surface area contributed by atoms with Crippen LogP contribution in [0.4, 0.5) is 4.39 Å². The first-order valence-electron chi connectivity index (χ1n) is 8.14. The fraction of sp³-hybridized carbons (Fsp3) is 0.200. The van der Waals surface area contributed by atoms with E-state index in [9.17, 15) is 9.18 Å². The van der Waals surface area contributed by atoms with Crippen LogP contribution in [0.25, 0.3) is 11.5 Å². The van der Waals surface area contributed by atoms with E-state index in [4.69, 9.17) is 4.42 Å². The van der Waals surface area contributed by atoms with Crippen LogP contribution in [-0.4, -0.2) is 17.4 Å². The molecule has 2 aromatic carbocycles. The Bertz CT molecular complexity index is 842. The first kappa shape index (κ1) is 16.9. The van der Waals surface area contributed by atoms with Gasteiger partial charge in [0, 0.05) is 18.5 Å². The molecule has 0 saturated carbocycles. The average Bonchev–Trinajstić information content (AvgIpc) is 2.99. The molecule has 0 aliphatic heterocycles. The summed E-state index contributed by atoms with van der Waals surface area (Å²) in [5, 5.41) is 2.86. The van der Waals surface area contributed by atoms with Crippen LogP contribution in [0.15, 0.2) is 59.0 Å². The zero-order valence-corrected chi connectivity index (χ0v) is 14.0. The molecule has 25 heavy (non-hydrogen) atoms. The van der Waals surface area contributed by atoms with Crippen LogP contribution in [0, 0.1) is 12.7 Å². The van der Waals surface area contributed by atoms with E-state index in [1.807, 2.05) is 37.3 Å². The molecule has 0 aliphatic rings. The number of carbonyl (C=O) groups is 1. The lowest BCUT2D eigenvalue weighted by molar-refractivity contribution is -0.120. The van der Waals surface area contributed by atoms with Crippen molar-refractivity contribution in [1.29, 1.82) is 0 Å². The molecular formula is C20H19FN2O2. The number of hydrogen-bond donors (Lipinski definition) is 1. The molecule has 0 fully saturated rings. The number of aromatic nitrogens is 1. The van der Waals surface area contributed by atoms with Gasteiger partial charge in [-0.2, -0.15) is 0 Å². The fourth-order valence-electron chi connectivity index (χ4n) is 2.53. The van der Waals surface area contributed by atoms with Gasteiger partial charge in [-0.25, -0.2) is 9.37 Å². The number of amides is 1. The van der Waals surface area contributed by atoms with E-state index in [1.54, 1.807) is 12.1 Å². The lowest BCUT2D eigenvalue weighted by Crippen LogP contribution is -2.27. The molecule has 5 heteroatoms. The van der Waals surface area contributed by atoms with Gasteiger partial charge in [-0.05, 0) is 36.8 Å². The van der Waals surface area contributed by atoms with Gasteiger partial charge >= 0.3 is 0 Å². The van der Waals surface area contributed by atoms with Crippen molar-refractivity contribution < 1.29 is 13.6 Å². The van der Waals surface area contributed by atoms with Crippen LogP contribution in [0.3, 0.4) is 0 Å². The molecule has 0 spiro atoms. The molecule has 0 radical (unpaired) electrons. The van der Waals surface area contributed by atoms with Gasteiger partial charge in [-0.1, -0.05) is 30.3 Å². The van der Waals surface area contributed by atoms with E-state index in [0.29, 0.717) is 18.9 Å². The summed E-state index contributed by atoms with van der Waals surface area (Å²) in [5.74, 6) is 0.938. The summed E-state index contributed by atoms with van der Waals surface area (Å²) in [6, 6.07) is 15.6. The standard InChI is InChI=1S/C20H19FN2O2/c1-14-18(23-20(25-14)16-5-3-2-4-6-16)11-12-22-19(24)13-15-7-9-17(21)10-8-15/h2-10H,11-13H2,1H3,(H,22,24). The number of rotatable bonds is 6. The zero-order chi connectivity index (χ0) is 17.6. The van der Waals surface area contributed by atoms with E-state index in [0.717, 1.165) is 22.6 Å². The highest BCUT2D eigenvalue weighted by atomic mass is 19.1. The molecule has 0 bridgehead atoms. The van der Waals surface area contributed by atoms with Gasteiger partial charge in [-0.15, -0.1) is 0 Å². The Morgan fingerprint density at radius 1 is 1.12 bits per heavy atom. The van der Waals surface area contributed by atoms with Crippen molar-refractivity contribution in [2.45, 2.75) is 19.8 Å². The van der Waals surface area contributed by atoms with Crippen LogP contribution >= 0.6 is 0 Å². The first-order valence-corrected chi connectivity index (χ1v) is 8.14. The van der Waals surface area contributed by atoms with Crippen molar-refractivity contribution in [2.75, 3.05) is 6.54 Å². The molecule has 128 valence electrons. The summed E-state index contributed by atoms with van der Waals surface area (Å²) in [4.78, 5) is 16.5. The Hall–Kier alpha value is -2.95. The SMILES string of the molecule is Cc1oc(-c2ccccc2)nc1CCNC(=O)Cc1ccc(F)cc1. The van der Waals surface area contributed by atoms with Crippen molar-refractivity contribution in [2.24, 2.45) is 0 Å². The topological polar surface area (TPSA) is 55.1 Å². The predicted molar refractivity (Wildman–Crippen MR) is 93.5 cm³/mol. The molecule has 0 atom stereocenters. The van der Waals surface area contributed by atoms with Crippen LogP contribution in [0.2, 0.25) is 0 Å². The lowest BCUT2D eigenvalue weighted by atomic mass is 10.1. The molecular weight excluding hydrogens is 319 g/mol. The van der Waals surface area contributed by atoms with Crippen LogP contribution in [-0.2, 0) is 17.6 Å². The summed E-state index contributed by atoms with van der Waals surface area (Å²) in [5.41, 5.74) is 2.54. The first-order chi connectivity index (χ1) is 12.1. The van der Waals surface area contributed by atoms with Crippen molar-refractivity contribution in [3.63, 3.8) is 0 Å². The number of aryl methyl sites for hydroxylation is 1. The monoisotopic (exact) mass is 338 g/mol. The van der Waals surface area contributed by atoms with E-state index in [1.165, 1.54) is 12.1 Å². The van der Waals surface area contributed by atoms with Gasteiger partial charge in [0.1, 0.15) is 11.6 Å². The highest BCUT2D eigenvalue weighted by Gasteiger charge is 2.11. The van der Waals surface area contributed by atoms with E-state index < -0.39 is 0 Å². The molecule has 0 saturated heterocycles. The average molecular weight is 338 g/mol. The second-order valence-corrected chi connectivity index (χ2v) is 5.79. The van der Waals surface area contributed by atoms with Crippen LogP contribution in [0.5, 0.6) is 0 Å². The predicted octanol–water partition coefficient (Wildman–Crippen LogP) is 3.69. The Balaban J connectivity index is 1.53. The van der Waals surface area contributed by atoms with Crippen molar-refractivity contribution >= 4 is 5.91 Å². The van der Waals surface area contributed by atoms with E-state index in [-0.39, 0.29) is 18.1 Å². The minimum Gasteiger partial charge on any atom is -0.441 e. The van der Waals surface area contributed by atoms with Crippen LogP contribution < -0.4 is 5.32 Å². The number of hydrogen-bond acceptors (Lipinski definition) is 3. The number of nitrogens with zero attached hydrogens (tertiary/aromatic N) is 1. The van der Waals surface area contributed by atoms with E-state index in [2.05, 4.69) is 10.3 Å². The molecule has 1 amide bonds. The van der Waals surface area contributed by atoms with Crippen molar-refractivity contribution in [3.05, 3.63) is 77.4 Å². The number of benzene rings is 2. The smallest absolute Gasteiger partial charge is 0.226 e. The third-order valence-corrected chi connectivity index (χ3v) is 3.88. The maximum absolute atomic E-state index is 12.9. The number of oxazole rings is 1. The largest absolute Gasteiger partial charge is 0.441 e. The second-order valence-electron chi connectivity index (χ2n) is 5.79. The maximum atomic E-state index is 12.9. The Kier molecular flexibility index (Phi) is 5.23. The lowest BCUT2D eigenvalue weighted by Gasteiger charge is -2.04.